The molecule has 0 aliphatic rings. The second kappa shape index (κ2) is 7.38. The molecular weight excluding hydrogens is 328 g/mol. The molecule has 0 saturated carbocycles. The maximum Gasteiger partial charge on any atom is 0.238 e. The maximum atomic E-state index is 12.1. The van der Waals surface area contributed by atoms with Crippen LogP contribution in [0.15, 0.2) is 46.9 Å². The number of nitrogens with one attached hydrogen (secondary N) is 1. The van der Waals surface area contributed by atoms with Crippen molar-refractivity contribution < 1.29 is 9.21 Å². The van der Waals surface area contributed by atoms with Crippen LogP contribution in [0.2, 0.25) is 0 Å². The summed E-state index contributed by atoms with van der Waals surface area (Å²) in [7, 11) is 1.92. The molecule has 0 fully saturated rings. The van der Waals surface area contributed by atoms with Crippen LogP contribution in [0.25, 0.3) is 27.4 Å². The van der Waals surface area contributed by atoms with Gasteiger partial charge >= 0.3 is 0 Å². The number of rotatable bonds is 5. The fourth-order valence-electron chi connectivity index (χ4n) is 2.41. The van der Waals surface area contributed by atoms with E-state index in [1.165, 1.54) is 0 Å². The third kappa shape index (κ3) is 3.90. The van der Waals surface area contributed by atoms with Gasteiger partial charge in [-0.25, -0.2) is 9.83 Å². The largest absolute Gasteiger partial charge is 0.436 e. The minimum atomic E-state index is -0.0533. The first-order chi connectivity index (χ1) is 12.5. The van der Waals surface area contributed by atoms with Crippen LogP contribution in [0.5, 0.6) is 0 Å². The number of oxazole rings is 1. The molecule has 0 atom stereocenters. The van der Waals surface area contributed by atoms with Crippen molar-refractivity contribution >= 4 is 28.4 Å². The normalized spacial score (nSPS) is 11.1. The summed E-state index contributed by atoms with van der Waals surface area (Å²) in [6.07, 6.45) is 0. The van der Waals surface area contributed by atoms with E-state index in [4.69, 9.17) is 11.0 Å². The predicted octanol–water partition coefficient (Wildman–Crippen LogP) is 4.32. The van der Waals surface area contributed by atoms with E-state index in [0.717, 1.165) is 11.3 Å². The van der Waals surface area contributed by atoms with Crippen LogP contribution >= 0.6 is 0 Å². The third-order valence-corrected chi connectivity index (χ3v) is 4.19. The molecule has 0 saturated heterocycles. The minimum absolute atomic E-state index is 0.0533. The molecule has 6 heteroatoms. The van der Waals surface area contributed by atoms with Gasteiger partial charge in [0, 0.05) is 17.3 Å². The van der Waals surface area contributed by atoms with Crippen molar-refractivity contribution in [1.29, 1.82) is 0 Å². The van der Waals surface area contributed by atoms with Gasteiger partial charge in [-0.15, -0.1) is 0 Å². The lowest BCUT2D eigenvalue weighted by Gasteiger charge is -2.20. The molecule has 0 unspecified atom stereocenters. The monoisotopic (exact) mass is 348 g/mol. The van der Waals surface area contributed by atoms with Crippen molar-refractivity contribution in [2.24, 2.45) is 0 Å². The number of benzene rings is 2. The number of amides is 1. The molecule has 26 heavy (non-hydrogen) atoms. The Kier molecular flexibility index (Phi) is 5.01. The van der Waals surface area contributed by atoms with Crippen molar-refractivity contribution in [3.63, 3.8) is 0 Å². The van der Waals surface area contributed by atoms with Gasteiger partial charge in [0.1, 0.15) is 0 Å². The van der Waals surface area contributed by atoms with E-state index in [1.807, 2.05) is 50.1 Å². The van der Waals surface area contributed by atoms with Crippen molar-refractivity contribution in [2.45, 2.75) is 19.9 Å². The number of nitrogens with zero attached hydrogens (tertiary/aromatic N) is 3. The molecule has 0 aliphatic carbocycles. The second-order valence-corrected chi connectivity index (χ2v) is 6.42. The van der Waals surface area contributed by atoms with Crippen LogP contribution < -0.4 is 5.32 Å². The van der Waals surface area contributed by atoms with Gasteiger partial charge in [-0.3, -0.25) is 9.69 Å². The van der Waals surface area contributed by atoms with E-state index in [-0.39, 0.29) is 5.91 Å². The number of carbonyl (C=O) groups is 1. The van der Waals surface area contributed by atoms with Crippen LogP contribution in [0, 0.1) is 6.57 Å². The predicted molar refractivity (Wildman–Crippen MR) is 102 cm³/mol. The summed E-state index contributed by atoms with van der Waals surface area (Å²) in [5, 5.41) is 2.88. The molecule has 0 radical (unpaired) electrons. The van der Waals surface area contributed by atoms with Crippen molar-refractivity contribution in [3.8, 4) is 11.5 Å². The molecule has 3 rings (SSSR count). The van der Waals surface area contributed by atoms with Crippen LogP contribution in [0.4, 0.5) is 11.4 Å². The molecule has 1 amide bonds. The first-order valence-electron chi connectivity index (χ1n) is 8.35. The summed E-state index contributed by atoms with van der Waals surface area (Å²) in [6, 6.07) is 12.8. The lowest BCUT2D eigenvalue weighted by Crippen LogP contribution is -2.34. The molecule has 2 aromatic carbocycles. The van der Waals surface area contributed by atoms with E-state index in [0.29, 0.717) is 35.3 Å². The van der Waals surface area contributed by atoms with Gasteiger partial charge in [0.05, 0.1) is 18.6 Å². The average Bonchev–Trinajstić information content (AvgIpc) is 3.05. The van der Waals surface area contributed by atoms with Gasteiger partial charge in [0.2, 0.25) is 11.8 Å². The first kappa shape index (κ1) is 17.6. The molecule has 132 valence electrons. The Bertz CT molecular complexity index is 968. The van der Waals surface area contributed by atoms with E-state index in [9.17, 15) is 4.79 Å². The van der Waals surface area contributed by atoms with Crippen LogP contribution in [-0.2, 0) is 4.79 Å². The number of aromatic nitrogens is 1. The van der Waals surface area contributed by atoms with Gasteiger partial charge in [0.15, 0.2) is 11.3 Å². The lowest BCUT2D eigenvalue weighted by atomic mass is 10.2. The topological polar surface area (TPSA) is 62.7 Å². The zero-order chi connectivity index (χ0) is 18.7. The summed E-state index contributed by atoms with van der Waals surface area (Å²) >= 11 is 0. The number of likely N-dealkylation sites (N-methyl/N-ethyl adjacent to an activating group) is 1. The van der Waals surface area contributed by atoms with Gasteiger partial charge in [-0.2, -0.15) is 0 Å². The summed E-state index contributed by atoms with van der Waals surface area (Å²) in [5.41, 5.74) is 3.36. The fourth-order valence-corrected chi connectivity index (χ4v) is 2.41. The zero-order valence-corrected chi connectivity index (χ0v) is 15.0. The summed E-state index contributed by atoms with van der Waals surface area (Å²) in [4.78, 5) is 21.9. The average molecular weight is 348 g/mol. The SMILES string of the molecule is [C-]#[N+]c1ccc2oc(-c3ccc(NC(=O)CN(C)C(C)C)cc3)nc2c1. The molecule has 0 bridgehead atoms. The molecule has 0 aliphatic heterocycles. The molecule has 1 aromatic heterocycles. The number of hydrogen-bond donors (Lipinski definition) is 1. The lowest BCUT2D eigenvalue weighted by molar-refractivity contribution is -0.117. The highest BCUT2D eigenvalue weighted by Crippen LogP contribution is 2.27. The Morgan fingerprint density at radius 1 is 1.27 bits per heavy atom. The molecule has 1 N–H and O–H groups in total. The Balaban J connectivity index is 1.73. The Labute approximate surface area is 152 Å². The second-order valence-electron chi connectivity index (χ2n) is 6.42. The van der Waals surface area contributed by atoms with Gasteiger partial charge in [-0.1, -0.05) is 6.07 Å². The quantitative estimate of drug-likeness (QED) is 0.697. The van der Waals surface area contributed by atoms with E-state index < -0.39 is 0 Å². The third-order valence-electron chi connectivity index (χ3n) is 4.19. The molecule has 1 heterocycles. The van der Waals surface area contributed by atoms with Gasteiger partial charge in [-0.05, 0) is 57.3 Å². The van der Waals surface area contributed by atoms with Gasteiger partial charge in [0.25, 0.3) is 0 Å². The van der Waals surface area contributed by atoms with Crippen molar-refractivity contribution in [3.05, 3.63) is 53.9 Å². The van der Waals surface area contributed by atoms with Gasteiger partial charge < -0.3 is 9.73 Å². The molecule has 0 spiro atoms. The number of fused-ring (bicyclic) bond motifs is 1. The van der Waals surface area contributed by atoms with Crippen LogP contribution in [0.3, 0.4) is 0 Å². The highest BCUT2D eigenvalue weighted by Gasteiger charge is 2.11. The van der Waals surface area contributed by atoms with Crippen molar-refractivity contribution in [1.82, 2.24) is 9.88 Å². The fraction of sp³-hybridized carbons (Fsp3) is 0.250. The maximum absolute atomic E-state index is 12.1. The molecule has 3 aromatic rings. The zero-order valence-electron chi connectivity index (χ0n) is 15.0. The summed E-state index contributed by atoms with van der Waals surface area (Å²) < 4.78 is 5.75. The first-order valence-corrected chi connectivity index (χ1v) is 8.35. The standard InChI is InChI=1S/C20H20N4O2/c1-13(2)24(4)12-19(25)22-15-7-5-14(6-8-15)20-23-17-11-16(21-3)9-10-18(17)26-20/h5-11,13H,12H2,1-2,4H3,(H,22,25). The minimum Gasteiger partial charge on any atom is -0.436 e. The van der Waals surface area contributed by atoms with Crippen molar-refractivity contribution in [2.75, 3.05) is 18.9 Å². The van der Waals surface area contributed by atoms with Crippen LogP contribution in [-0.4, -0.2) is 35.4 Å². The molecular formula is C20H20N4O2. The summed E-state index contributed by atoms with van der Waals surface area (Å²) in [6.45, 7) is 11.5. The molecule has 6 nitrogen and oxygen atoms in total. The number of carbonyl (C=O) groups excluding carboxylic acids is 1. The van der Waals surface area contributed by atoms with E-state index in [2.05, 4.69) is 15.1 Å². The summed E-state index contributed by atoms with van der Waals surface area (Å²) in [5.74, 6) is 0.432. The Morgan fingerprint density at radius 3 is 2.65 bits per heavy atom. The highest BCUT2D eigenvalue weighted by molar-refractivity contribution is 5.92. The van der Waals surface area contributed by atoms with E-state index >= 15 is 0 Å². The number of hydrogen-bond acceptors (Lipinski definition) is 4. The Hall–Kier alpha value is -3.17. The van der Waals surface area contributed by atoms with E-state index in [1.54, 1.807) is 18.2 Å². The number of anilines is 1. The Morgan fingerprint density at radius 2 is 2.00 bits per heavy atom. The highest BCUT2D eigenvalue weighted by atomic mass is 16.3. The van der Waals surface area contributed by atoms with Crippen LogP contribution in [0.1, 0.15) is 13.8 Å². The smallest absolute Gasteiger partial charge is 0.238 e.